The monoisotopic (exact) mass is 338 g/mol. The Kier molecular flexibility index (Phi) is 5.74. The van der Waals surface area contributed by atoms with Gasteiger partial charge in [0.05, 0.1) is 5.75 Å². The van der Waals surface area contributed by atoms with Gasteiger partial charge < -0.3 is 4.90 Å². The number of rotatable bonds is 7. The molecule has 1 unspecified atom stereocenters. The minimum absolute atomic E-state index is 0.0173. The minimum Gasteiger partial charge on any atom is -0.301 e. The van der Waals surface area contributed by atoms with Gasteiger partial charge in [0, 0.05) is 12.6 Å². The maximum atomic E-state index is 12.3. The molecule has 1 aromatic heterocycles. The fraction of sp³-hybridized carbons (Fsp3) is 0.375. The van der Waals surface area contributed by atoms with Crippen LogP contribution in [0.3, 0.4) is 0 Å². The highest BCUT2D eigenvalue weighted by molar-refractivity contribution is 7.88. The number of nitrogens with one attached hydrogen (secondary N) is 1. The molecule has 0 saturated carbocycles. The number of sulfonamides is 1. The number of aryl methyl sites for hydroxylation is 1. The van der Waals surface area contributed by atoms with Crippen LogP contribution in [0, 0.1) is 6.92 Å². The molecule has 0 aliphatic rings. The number of hydrogen-bond donors (Lipinski definition) is 1. The van der Waals surface area contributed by atoms with Gasteiger partial charge in [-0.3, -0.25) is 0 Å². The summed E-state index contributed by atoms with van der Waals surface area (Å²) in [5.41, 5.74) is 2.97. The zero-order valence-corrected chi connectivity index (χ0v) is 14.7. The molecule has 6 heteroatoms. The lowest BCUT2D eigenvalue weighted by Gasteiger charge is -2.24. The lowest BCUT2D eigenvalue weighted by Crippen LogP contribution is -2.35. The summed E-state index contributed by atoms with van der Waals surface area (Å²) in [6, 6.07) is 9.64. The first-order chi connectivity index (χ1) is 10.4. The van der Waals surface area contributed by atoms with Crippen LogP contribution in [0.1, 0.15) is 22.7 Å². The van der Waals surface area contributed by atoms with Gasteiger partial charge in [0.2, 0.25) is 10.0 Å². The topological polar surface area (TPSA) is 49.4 Å². The van der Waals surface area contributed by atoms with Crippen molar-refractivity contribution in [1.29, 1.82) is 0 Å². The van der Waals surface area contributed by atoms with E-state index in [1.165, 1.54) is 0 Å². The van der Waals surface area contributed by atoms with E-state index >= 15 is 0 Å². The van der Waals surface area contributed by atoms with E-state index < -0.39 is 10.0 Å². The third kappa shape index (κ3) is 4.64. The maximum absolute atomic E-state index is 12.3. The Bertz CT molecular complexity index is 695. The van der Waals surface area contributed by atoms with E-state index in [9.17, 15) is 8.42 Å². The van der Waals surface area contributed by atoms with Crippen LogP contribution in [0.25, 0.3) is 0 Å². The summed E-state index contributed by atoms with van der Waals surface area (Å²) < 4.78 is 27.4. The van der Waals surface area contributed by atoms with Crippen LogP contribution in [0.15, 0.2) is 41.1 Å². The van der Waals surface area contributed by atoms with Gasteiger partial charge in [0.25, 0.3) is 0 Å². The number of thiophene rings is 1. The summed E-state index contributed by atoms with van der Waals surface area (Å²) in [6.07, 6.45) is 0. The normalized spacial score (nSPS) is 13.5. The molecule has 0 bridgehead atoms. The molecular weight excluding hydrogens is 316 g/mol. The van der Waals surface area contributed by atoms with Crippen LogP contribution >= 0.6 is 11.3 Å². The molecule has 0 amide bonds. The second kappa shape index (κ2) is 7.37. The molecule has 1 aromatic carbocycles. The number of likely N-dealkylation sites (N-methyl/N-ethyl adjacent to an activating group) is 1. The fourth-order valence-corrected chi connectivity index (χ4v) is 4.25. The standard InChI is InChI=1S/C16H22N2O2S2/c1-13-6-4-5-7-15(13)12-22(19,20)17-10-16(18(2)3)14-8-9-21-11-14/h4-9,11,16-17H,10,12H2,1-3H3. The lowest BCUT2D eigenvalue weighted by molar-refractivity contribution is 0.300. The minimum atomic E-state index is -3.35. The van der Waals surface area contributed by atoms with Crippen molar-refractivity contribution in [2.24, 2.45) is 0 Å². The van der Waals surface area contributed by atoms with Gasteiger partial charge >= 0.3 is 0 Å². The molecule has 0 aliphatic heterocycles. The van der Waals surface area contributed by atoms with E-state index in [0.29, 0.717) is 6.54 Å². The molecule has 1 atom stereocenters. The average molecular weight is 338 g/mol. The highest BCUT2D eigenvalue weighted by Gasteiger charge is 2.19. The van der Waals surface area contributed by atoms with Gasteiger partial charge in [-0.1, -0.05) is 24.3 Å². The third-order valence-electron chi connectivity index (χ3n) is 3.65. The summed E-state index contributed by atoms with van der Waals surface area (Å²) in [4.78, 5) is 2.03. The second-order valence-corrected chi connectivity index (χ2v) is 8.16. The molecule has 0 spiro atoms. The van der Waals surface area contributed by atoms with Crippen molar-refractivity contribution < 1.29 is 8.42 Å². The lowest BCUT2D eigenvalue weighted by atomic mass is 10.1. The molecule has 2 aromatic rings. The Morgan fingerprint density at radius 3 is 2.55 bits per heavy atom. The van der Waals surface area contributed by atoms with Crippen LogP contribution in [0.5, 0.6) is 0 Å². The predicted molar refractivity (Wildman–Crippen MR) is 92.6 cm³/mol. The summed E-state index contributed by atoms with van der Waals surface area (Å²) in [5, 5.41) is 4.06. The van der Waals surface area contributed by atoms with Crippen molar-refractivity contribution in [3.8, 4) is 0 Å². The van der Waals surface area contributed by atoms with Crippen molar-refractivity contribution in [2.45, 2.75) is 18.7 Å². The van der Waals surface area contributed by atoms with E-state index in [0.717, 1.165) is 16.7 Å². The Hall–Kier alpha value is -1.21. The molecular formula is C16H22N2O2S2. The van der Waals surface area contributed by atoms with Crippen LogP contribution < -0.4 is 4.72 Å². The summed E-state index contributed by atoms with van der Waals surface area (Å²) in [5.74, 6) is 0.0173. The smallest absolute Gasteiger partial charge is 0.215 e. The molecule has 0 saturated heterocycles. The van der Waals surface area contributed by atoms with Crippen molar-refractivity contribution in [2.75, 3.05) is 20.6 Å². The highest BCUT2D eigenvalue weighted by atomic mass is 32.2. The van der Waals surface area contributed by atoms with Crippen LogP contribution in [-0.2, 0) is 15.8 Å². The van der Waals surface area contributed by atoms with Crippen molar-refractivity contribution in [1.82, 2.24) is 9.62 Å². The Morgan fingerprint density at radius 1 is 1.23 bits per heavy atom. The first-order valence-corrected chi connectivity index (χ1v) is 9.69. The predicted octanol–water partition coefficient (Wildman–Crippen LogP) is 2.78. The zero-order chi connectivity index (χ0) is 16.2. The van der Waals surface area contributed by atoms with Crippen molar-refractivity contribution in [3.05, 3.63) is 57.8 Å². The summed E-state index contributed by atoms with van der Waals surface area (Å²) in [6.45, 7) is 2.30. The van der Waals surface area contributed by atoms with Crippen LogP contribution in [0.4, 0.5) is 0 Å². The molecule has 1 heterocycles. The summed E-state index contributed by atoms with van der Waals surface area (Å²) >= 11 is 1.62. The maximum Gasteiger partial charge on any atom is 0.215 e. The van der Waals surface area contributed by atoms with E-state index in [1.807, 2.05) is 61.6 Å². The van der Waals surface area contributed by atoms with Crippen LogP contribution in [0.2, 0.25) is 0 Å². The van der Waals surface area contributed by atoms with Crippen molar-refractivity contribution in [3.63, 3.8) is 0 Å². The van der Waals surface area contributed by atoms with E-state index in [2.05, 4.69) is 10.1 Å². The quantitative estimate of drug-likeness (QED) is 0.844. The van der Waals surface area contributed by atoms with E-state index in [-0.39, 0.29) is 11.8 Å². The summed E-state index contributed by atoms with van der Waals surface area (Å²) in [7, 11) is 0.563. The first-order valence-electron chi connectivity index (χ1n) is 7.09. The Labute approximate surface area is 136 Å². The average Bonchev–Trinajstić information content (AvgIpc) is 2.95. The molecule has 22 heavy (non-hydrogen) atoms. The molecule has 120 valence electrons. The van der Waals surface area contributed by atoms with Crippen LogP contribution in [-0.4, -0.2) is 34.0 Å². The zero-order valence-electron chi connectivity index (χ0n) is 13.1. The fourth-order valence-electron chi connectivity index (χ4n) is 2.30. The van der Waals surface area contributed by atoms with E-state index in [4.69, 9.17) is 0 Å². The van der Waals surface area contributed by atoms with E-state index in [1.54, 1.807) is 11.3 Å². The Morgan fingerprint density at radius 2 is 1.95 bits per heavy atom. The van der Waals surface area contributed by atoms with Crippen molar-refractivity contribution >= 4 is 21.4 Å². The van der Waals surface area contributed by atoms with Gasteiger partial charge in [-0.2, -0.15) is 11.3 Å². The number of nitrogens with zero attached hydrogens (tertiary/aromatic N) is 1. The van der Waals surface area contributed by atoms with Gasteiger partial charge in [0.15, 0.2) is 0 Å². The van der Waals surface area contributed by atoms with Gasteiger partial charge in [-0.05, 0) is 54.5 Å². The number of benzene rings is 1. The highest BCUT2D eigenvalue weighted by Crippen LogP contribution is 2.20. The van der Waals surface area contributed by atoms with Gasteiger partial charge in [-0.15, -0.1) is 0 Å². The molecule has 0 radical (unpaired) electrons. The third-order valence-corrected chi connectivity index (χ3v) is 5.65. The SMILES string of the molecule is Cc1ccccc1CS(=O)(=O)NCC(c1ccsc1)N(C)C. The largest absolute Gasteiger partial charge is 0.301 e. The molecule has 1 N–H and O–H groups in total. The van der Waals surface area contributed by atoms with Gasteiger partial charge in [-0.25, -0.2) is 13.1 Å². The Balaban J connectivity index is 2.04. The first kappa shape index (κ1) is 17.1. The van der Waals surface area contributed by atoms with Gasteiger partial charge in [0.1, 0.15) is 0 Å². The molecule has 4 nitrogen and oxygen atoms in total. The molecule has 0 aliphatic carbocycles. The molecule has 2 rings (SSSR count). The second-order valence-electron chi connectivity index (χ2n) is 5.57. The molecule has 0 fully saturated rings. The number of hydrogen-bond acceptors (Lipinski definition) is 4.